The standard InChI is InChI=1S/C14H24N2O/c1-9-7-10(2)12(13(17-6)11(9)3)16-14(4,5)8-15/h7,16H,8,15H2,1-6H3. The number of rotatable bonds is 4. The van der Waals surface area contributed by atoms with Crippen molar-refractivity contribution in [1.82, 2.24) is 0 Å². The van der Waals surface area contributed by atoms with E-state index in [-0.39, 0.29) is 5.54 Å². The molecule has 0 spiro atoms. The molecule has 96 valence electrons. The fraction of sp³-hybridized carbons (Fsp3) is 0.571. The molecule has 0 aromatic heterocycles. The first-order valence-corrected chi connectivity index (χ1v) is 5.95. The molecule has 1 aromatic rings. The zero-order valence-electron chi connectivity index (χ0n) is 11.8. The Bertz CT molecular complexity index is 411. The lowest BCUT2D eigenvalue weighted by molar-refractivity contribution is 0.411. The second-order valence-corrected chi connectivity index (χ2v) is 5.26. The Balaban J connectivity index is 3.28. The average Bonchev–Trinajstić information content (AvgIpc) is 2.26. The summed E-state index contributed by atoms with van der Waals surface area (Å²) in [5.41, 5.74) is 10.3. The van der Waals surface area contributed by atoms with Crippen LogP contribution in [0.15, 0.2) is 6.07 Å². The fourth-order valence-electron chi connectivity index (χ4n) is 1.85. The van der Waals surface area contributed by atoms with Crippen molar-refractivity contribution in [1.29, 1.82) is 0 Å². The molecule has 3 nitrogen and oxygen atoms in total. The number of nitrogens with one attached hydrogen (secondary N) is 1. The van der Waals surface area contributed by atoms with E-state index in [2.05, 4.69) is 46.0 Å². The molecule has 0 amide bonds. The second-order valence-electron chi connectivity index (χ2n) is 5.26. The third-order valence-corrected chi connectivity index (χ3v) is 3.16. The van der Waals surface area contributed by atoms with Crippen molar-refractivity contribution < 1.29 is 4.74 Å². The van der Waals surface area contributed by atoms with Crippen LogP contribution in [0, 0.1) is 20.8 Å². The van der Waals surface area contributed by atoms with Crippen LogP contribution in [0.2, 0.25) is 0 Å². The van der Waals surface area contributed by atoms with Crippen LogP contribution in [0.4, 0.5) is 5.69 Å². The summed E-state index contributed by atoms with van der Waals surface area (Å²) in [6.45, 7) is 11.0. The van der Waals surface area contributed by atoms with E-state index in [1.807, 2.05) is 0 Å². The molecule has 0 saturated carbocycles. The van der Waals surface area contributed by atoms with Gasteiger partial charge in [0, 0.05) is 12.1 Å². The van der Waals surface area contributed by atoms with Gasteiger partial charge in [-0.25, -0.2) is 0 Å². The highest BCUT2D eigenvalue weighted by Gasteiger charge is 2.20. The maximum atomic E-state index is 5.76. The largest absolute Gasteiger partial charge is 0.494 e. The molecule has 0 bridgehead atoms. The van der Waals surface area contributed by atoms with E-state index in [4.69, 9.17) is 10.5 Å². The van der Waals surface area contributed by atoms with Crippen molar-refractivity contribution in [2.24, 2.45) is 5.73 Å². The first-order chi connectivity index (χ1) is 7.82. The third kappa shape index (κ3) is 2.91. The van der Waals surface area contributed by atoms with Gasteiger partial charge >= 0.3 is 0 Å². The fourth-order valence-corrected chi connectivity index (χ4v) is 1.85. The summed E-state index contributed by atoms with van der Waals surface area (Å²) in [4.78, 5) is 0. The Labute approximate surface area is 104 Å². The summed E-state index contributed by atoms with van der Waals surface area (Å²) < 4.78 is 5.52. The highest BCUT2D eigenvalue weighted by atomic mass is 16.5. The summed E-state index contributed by atoms with van der Waals surface area (Å²) in [6, 6.07) is 2.17. The molecule has 0 saturated heterocycles. The van der Waals surface area contributed by atoms with Crippen molar-refractivity contribution in [3.05, 3.63) is 22.8 Å². The highest BCUT2D eigenvalue weighted by molar-refractivity contribution is 5.67. The van der Waals surface area contributed by atoms with Crippen LogP contribution in [0.25, 0.3) is 0 Å². The Hall–Kier alpha value is -1.22. The number of aryl methyl sites for hydroxylation is 2. The van der Waals surface area contributed by atoms with Gasteiger partial charge in [-0.2, -0.15) is 0 Å². The molecule has 0 heterocycles. The van der Waals surface area contributed by atoms with Gasteiger partial charge in [0.2, 0.25) is 0 Å². The maximum Gasteiger partial charge on any atom is 0.145 e. The molecule has 1 aromatic carbocycles. The molecule has 1 rings (SSSR count). The zero-order valence-corrected chi connectivity index (χ0v) is 11.8. The normalized spacial score (nSPS) is 11.5. The lowest BCUT2D eigenvalue weighted by atomic mass is 9.99. The summed E-state index contributed by atoms with van der Waals surface area (Å²) in [5, 5.41) is 3.47. The number of hydrogen-bond donors (Lipinski definition) is 2. The molecular weight excluding hydrogens is 212 g/mol. The van der Waals surface area contributed by atoms with E-state index >= 15 is 0 Å². The highest BCUT2D eigenvalue weighted by Crippen LogP contribution is 2.35. The minimum absolute atomic E-state index is 0.139. The summed E-state index contributed by atoms with van der Waals surface area (Å²) >= 11 is 0. The van der Waals surface area contributed by atoms with Crippen molar-refractivity contribution in [2.45, 2.75) is 40.2 Å². The van der Waals surface area contributed by atoms with Gasteiger partial charge < -0.3 is 15.8 Å². The van der Waals surface area contributed by atoms with Crippen LogP contribution < -0.4 is 15.8 Å². The monoisotopic (exact) mass is 236 g/mol. The van der Waals surface area contributed by atoms with Gasteiger partial charge in [0.05, 0.1) is 12.8 Å². The number of anilines is 1. The SMILES string of the molecule is COc1c(C)c(C)cc(C)c1NC(C)(C)CN. The Kier molecular flexibility index (Phi) is 4.04. The third-order valence-electron chi connectivity index (χ3n) is 3.16. The van der Waals surface area contributed by atoms with Crippen LogP contribution in [0.3, 0.4) is 0 Å². The average molecular weight is 236 g/mol. The van der Waals surface area contributed by atoms with Crippen LogP contribution in [0.1, 0.15) is 30.5 Å². The summed E-state index contributed by atoms with van der Waals surface area (Å²) in [7, 11) is 1.71. The lowest BCUT2D eigenvalue weighted by Gasteiger charge is -2.29. The predicted molar refractivity (Wildman–Crippen MR) is 74.0 cm³/mol. The number of hydrogen-bond acceptors (Lipinski definition) is 3. The van der Waals surface area contributed by atoms with Gasteiger partial charge in [0.15, 0.2) is 0 Å². The Morgan fingerprint density at radius 3 is 2.29 bits per heavy atom. The van der Waals surface area contributed by atoms with Gasteiger partial charge in [-0.15, -0.1) is 0 Å². The Morgan fingerprint density at radius 1 is 1.24 bits per heavy atom. The van der Waals surface area contributed by atoms with Gasteiger partial charge in [-0.05, 0) is 51.3 Å². The molecule has 0 unspecified atom stereocenters. The minimum atomic E-state index is -0.139. The molecule has 0 radical (unpaired) electrons. The summed E-state index contributed by atoms with van der Waals surface area (Å²) in [5.74, 6) is 0.920. The number of methoxy groups -OCH3 is 1. The molecular formula is C14H24N2O. The lowest BCUT2D eigenvalue weighted by Crippen LogP contribution is -2.39. The van der Waals surface area contributed by atoms with Crippen LogP contribution in [-0.4, -0.2) is 19.2 Å². The van der Waals surface area contributed by atoms with Crippen molar-refractivity contribution in [3.63, 3.8) is 0 Å². The molecule has 3 heteroatoms. The van der Waals surface area contributed by atoms with E-state index in [9.17, 15) is 0 Å². The van der Waals surface area contributed by atoms with E-state index < -0.39 is 0 Å². The Morgan fingerprint density at radius 2 is 1.82 bits per heavy atom. The quantitative estimate of drug-likeness (QED) is 0.845. The van der Waals surface area contributed by atoms with E-state index in [0.717, 1.165) is 11.4 Å². The summed E-state index contributed by atoms with van der Waals surface area (Å²) in [6.07, 6.45) is 0. The van der Waals surface area contributed by atoms with Gasteiger partial charge in [-0.1, -0.05) is 6.07 Å². The molecule has 0 aliphatic heterocycles. The molecule has 17 heavy (non-hydrogen) atoms. The predicted octanol–water partition coefficient (Wildman–Crippen LogP) is 2.77. The van der Waals surface area contributed by atoms with E-state index in [0.29, 0.717) is 6.54 Å². The van der Waals surface area contributed by atoms with Crippen LogP contribution >= 0.6 is 0 Å². The molecule has 0 aliphatic rings. The molecule has 0 fully saturated rings. The van der Waals surface area contributed by atoms with Crippen molar-refractivity contribution in [2.75, 3.05) is 19.0 Å². The van der Waals surface area contributed by atoms with Crippen LogP contribution in [-0.2, 0) is 0 Å². The minimum Gasteiger partial charge on any atom is -0.494 e. The number of benzene rings is 1. The topological polar surface area (TPSA) is 47.3 Å². The molecule has 3 N–H and O–H groups in total. The molecule has 0 atom stereocenters. The molecule has 0 aliphatic carbocycles. The van der Waals surface area contributed by atoms with Gasteiger partial charge in [0.25, 0.3) is 0 Å². The zero-order chi connectivity index (χ0) is 13.2. The van der Waals surface area contributed by atoms with E-state index in [1.54, 1.807) is 7.11 Å². The van der Waals surface area contributed by atoms with Crippen molar-refractivity contribution in [3.8, 4) is 5.75 Å². The first kappa shape index (κ1) is 13.8. The number of nitrogens with two attached hydrogens (primary N) is 1. The maximum absolute atomic E-state index is 5.76. The van der Waals surface area contributed by atoms with Gasteiger partial charge in [-0.3, -0.25) is 0 Å². The number of ether oxygens (including phenoxy) is 1. The first-order valence-electron chi connectivity index (χ1n) is 5.95. The van der Waals surface area contributed by atoms with Crippen molar-refractivity contribution >= 4 is 5.69 Å². The smallest absolute Gasteiger partial charge is 0.145 e. The van der Waals surface area contributed by atoms with Crippen LogP contribution in [0.5, 0.6) is 5.75 Å². The second kappa shape index (κ2) is 4.96. The van der Waals surface area contributed by atoms with E-state index in [1.165, 1.54) is 16.7 Å². The van der Waals surface area contributed by atoms with Gasteiger partial charge in [0.1, 0.15) is 5.75 Å².